The monoisotopic (exact) mass is 310 g/mol. The van der Waals surface area contributed by atoms with E-state index < -0.39 is 0 Å². The molecule has 0 aromatic carbocycles. The molecule has 6 heteroatoms. The first-order chi connectivity index (χ1) is 11.0. The molecule has 120 valence electrons. The third kappa shape index (κ3) is 2.79. The highest BCUT2D eigenvalue weighted by atomic mass is 15.3. The lowest BCUT2D eigenvalue weighted by molar-refractivity contribution is 0.495. The van der Waals surface area contributed by atoms with E-state index in [1.807, 2.05) is 20.8 Å². The Bertz CT molecular complexity index is 770. The van der Waals surface area contributed by atoms with Crippen LogP contribution in [0.5, 0.6) is 0 Å². The Hall–Kier alpha value is -2.42. The van der Waals surface area contributed by atoms with E-state index in [2.05, 4.69) is 43.9 Å². The molecule has 1 aliphatic rings. The predicted molar refractivity (Wildman–Crippen MR) is 88.3 cm³/mol. The van der Waals surface area contributed by atoms with Gasteiger partial charge in [0.2, 0.25) is 0 Å². The molecule has 0 aliphatic carbocycles. The van der Waals surface area contributed by atoms with Crippen molar-refractivity contribution in [3.05, 3.63) is 34.3 Å². The summed E-state index contributed by atoms with van der Waals surface area (Å²) in [5, 5.41) is 22.7. The van der Waals surface area contributed by atoms with Gasteiger partial charge in [-0.25, -0.2) is 0 Å². The summed E-state index contributed by atoms with van der Waals surface area (Å²) < 4.78 is 2.05. The van der Waals surface area contributed by atoms with Gasteiger partial charge in [-0.3, -0.25) is 4.68 Å². The third-order valence-corrected chi connectivity index (χ3v) is 4.68. The molecule has 6 nitrogen and oxygen atoms in total. The summed E-state index contributed by atoms with van der Waals surface area (Å²) in [6.45, 7) is 9.66. The maximum atomic E-state index is 9.55. The molecular weight excluding hydrogens is 288 g/mol. The van der Waals surface area contributed by atoms with Gasteiger partial charge in [0.25, 0.3) is 0 Å². The lowest BCUT2D eigenvalue weighted by Crippen LogP contribution is -2.35. The first-order valence-electron chi connectivity index (χ1n) is 8.03. The van der Waals surface area contributed by atoms with Crippen molar-refractivity contribution in [2.45, 2.75) is 53.1 Å². The van der Waals surface area contributed by atoms with Crippen molar-refractivity contribution < 1.29 is 0 Å². The second-order valence-corrected chi connectivity index (χ2v) is 6.32. The minimum atomic E-state index is 0.302. The van der Waals surface area contributed by atoms with Crippen molar-refractivity contribution in [3.63, 3.8) is 0 Å². The van der Waals surface area contributed by atoms with Crippen molar-refractivity contribution in [2.24, 2.45) is 0 Å². The number of hydrogen-bond donors (Lipinski definition) is 0. The van der Waals surface area contributed by atoms with Crippen molar-refractivity contribution in [2.75, 3.05) is 11.4 Å². The Balaban J connectivity index is 1.92. The highest BCUT2D eigenvalue weighted by molar-refractivity contribution is 5.58. The molecule has 3 heterocycles. The van der Waals surface area contributed by atoms with Gasteiger partial charge in [0.05, 0.1) is 24.0 Å². The molecular formula is C17H22N6. The largest absolute Gasteiger partial charge is 0.349 e. The number of nitriles is 1. The van der Waals surface area contributed by atoms with Gasteiger partial charge in [-0.15, -0.1) is 5.10 Å². The second kappa shape index (κ2) is 5.99. The van der Waals surface area contributed by atoms with Crippen LogP contribution in [-0.2, 0) is 6.54 Å². The van der Waals surface area contributed by atoms with Gasteiger partial charge in [0, 0.05) is 12.2 Å². The van der Waals surface area contributed by atoms with E-state index >= 15 is 0 Å². The van der Waals surface area contributed by atoms with Gasteiger partial charge in [0.15, 0.2) is 5.82 Å². The van der Waals surface area contributed by atoms with E-state index in [0.717, 1.165) is 48.7 Å². The van der Waals surface area contributed by atoms with E-state index in [1.165, 1.54) is 5.69 Å². The van der Waals surface area contributed by atoms with E-state index in [4.69, 9.17) is 0 Å². The summed E-state index contributed by atoms with van der Waals surface area (Å²) >= 11 is 0. The standard InChI is InChI=1S/C17H22N6/c1-11-8-12(2)23(21-11)10-15-6-5-7-22(15)17-16(9-18)13(3)14(4)19-20-17/h8,15H,5-7,10H2,1-4H3. The second-order valence-electron chi connectivity index (χ2n) is 6.32. The number of hydrogen-bond acceptors (Lipinski definition) is 5. The van der Waals surface area contributed by atoms with Crippen molar-refractivity contribution in [3.8, 4) is 6.07 Å². The molecule has 3 rings (SSSR count). The Morgan fingerprint density at radius 2 is 2.04 bits per heavy atom. The fourth-order valence-electron chi connectivity index (χ4n) is 3.29. The summed E-state index contributed by atoms with van der Waals surface area (Å²) in [4.78, 5) is 2.23. The molecule has 0 N–H and O–H groups in total. The maximum Gasteiger partial charge on any atom is 0.169 e. The minimum Gasteiger partial charge on any atom is -0.349 e. The van der Waals surface area contributed by atoms with Crippen LogP contribution < -0.4 is 4.90 Å². The van der Waals surface area contributed by atoms with E-state index in [-0.39, 0.29) is 0 Å². The van der Waals surface area contributed by atoms with E-state index in [9.17, 15) is 5.26 Å². The molecule has 1 saturated heterocycles. The Labute approximate surface area is 136 Å². The van der Waals surface area contributed by atoms with Gasteiger partial charge in [-0.2, -0.15) is 15.5 Å². The molecule has 1 atom stereocenters. The lowest BCUT2D eigenvalue weighted by Gasteiger charge is -2.27. The first kappa shape index (κ1) is 15.5. The van der Waals surface area contributed by atoms with Crippen LogP contribution in [-0.4, -0.2) is 32.6 Å². The molecule has 0 spiro atoms. The topological polar surface area (TPSA) is 70.6 Å². The fourth-order valence-corrected chi connectivity index (χ4v) is 3.29. The van der Waals surface area contributed by atoms with Crippen molar-refractivity contribution >= 4 is 5.82 Å². The van der Waals surface area contributed by atoms with Gasteiger partial charge in [0.1, 0.15) is 11.6 Å². The van der Waals surface area contributed by atoms with Gasteiger partial charge in [-0.05, 0) is 52.2 Å². The SMILES string of the molecule is Cc1cc(C)n(CC2CCCN2c2nnc(C)c(C)c2C#N)n1. The zero-order valence-corrected chi connectivity index (χ0v) is 14.2. The molecule has 2 aromatic rings. The summed E-state index contributed by atoms with van der Waals surface area (Å²) in [5.74, 6) is 0.722. The van der Waals surface area contributed by atoms with Crippen LogP contribution >= 0.6 is 0 Å². The Morgan fingerprint density at radius 3 is 2.70 bits per heavy atom. The van der Waals surface area contributed by atoms with Crippen LogP contribution in [0.4, 0.5) is 5.82 Å². The average Bonchev–Trinajstić information content (AvgIpc) is 3.09. The zero-order chi connectivity index (χ0) is 16.6. The lowest BCUT2D eigenvalue weighted by atomic mass is 10.1. The number of nitrogens with zero attached hydrogens (tertiary/aromatic N) is 6. The maximum absolute atomic E-state index is 9.55. The summed E-state index contributed by atoms with van der Waals surface area (Å²) in [5.41, 5.74) is 4.60. The van der Waals surface area contributed by atoms with Crippen LogP contribution in [0.25, 0.3) is 0 Å². The summed E-state index contributed by atoms with van der Waals surface area (Å²) in [7, 11) is 0. The minimum absolute atomic E-state index is 0.302. The molecule has 0 bridgehead atoms. The quantitative estimate of drug-likeness (QED) is 0.871. The van der Waals surface area contributed by atoms with Crippen molar-refractivity contribution in [1.82, 2.24) is 20.0 Å². The molecule has 0 saturated carbocycles. The third-order valence-electron chi connectivity index (χ3n) is 4.68. The van der Waals surface area contributed by atoms with E-state index in [1.54, 1.807) is 0 Å². The van der Waals surface area contributed by atoms with E-state index in [0.29, 0.717) is 11.6 Å². The molecule has 0 amide bonds. The summed E-state index contributed by atoms with van der Waals surface area (Å²) in [6.07, 6.45) is 2.18. The zero-order valence-electron chi connectivity index (χ0n) is 14.2. The number of anilines is 1. The van der Waals surface area contributed by atoms with Gasteiger partial charge >= 0.3 is 0 Å². The molecule has 0 radical (unpaired) electrons. The molecule has 23 heavy (non-hydrogen) atoms. The Morgan fingerprint density at radius 1 is 1.26 bits per heavy atom. The molecule has 1 fully saturated rings. The normalized spacial score (nSPS) is 17.5. The highest BCUT2D eigenvalue weighted by Crippen LogP contribution is 2.29. The smallest absolute Gasteiger partial charge is 0.169 e. The van der Waals surface area contributed by atoms with Crippen LogP contribution in [0.15, 0.2) is 6.07 Å². The van der Waals surface area contributed by atoms with Gasteiger partial charge < -0.3 is 4.90 Å². The van der Waals surface area contributed by atoms with Gasteiger partial charge in [-0.1, -0.05) is 0 Å². The molecule has 2 aromatic heterocycles. The van der Waals surface area contributed by atoms with Crippen LogP contribution in [0.3, 0.4) is 0 Å². The van der Waals surface area contributed by atoms with Crippen LogP contribution in [0, 0.1) is 39.0 Å². The summed E-state index contributed by atoms with van der Waals surface area (Å²) in [6, 6.07) is 4.71. The Kier molecular flexibility index (Phi) is 4.03. The van der Waals surface area contributed by atoms with Crippen LogP contribution in [0.1, 0.15) is 41.1 Å². The first-order valence-corrected chi connectivity index (χ1v) is 8.03. The average molecular weight is 310 g/mol. The number of rotatable bonds is 3. The molecule has 1 unspecified atom stereocenters. The van der Waals surface area contributed by atoms with Crippen LogP contribution in [0.2, 0.25) is 0 Å². The van der Waals surface area contributed by atoms with Crippen molar-refractivity contribution in [1.29, 1.82) is 5.26 Å². The fraction of sp³-hybridized carbons (Fsp3) is 0.529. The highest BCUT2D eigenvalue weighted by Gasteiger charge is 2.29. The number of aromatic nitrogens is 4. The number of aryl methyl sites for hydroxylation is 3. The molecule has 1 aliphatic heterocycles. The predicted octanol–water partition coefficient (Wildman–Crippen LogP) is 2.45.